The van der Waals surface area contributed by atoms with Crippen molar-refractivity contribution in [1.82, 2.24) is 10.2 Å². The summed E-state index contributed by atoms with van der Waals surface area (Å²) in [6, 6.07) is 2.31. The van der Waals surface area contributed by atoms with Gasteiger partial charge >= 0.3 is 0 Å². The van der Waals surface area contributed by atoms with Gasteiger partial charge in [-0.1, -0.05) is 25.7 Å². The molecule has 2 saturated carbocycles. The van der Waals surface area contributed by atoms with E-state index in [0.29, 0.717) is 6.04 Å². The van der Waals surface area contributed by atoms with Crippen LogP contribution >= 0.6 is 0 Å². The van der Waals surface area contributed by atoms with Gasteiger partial charge in [-0.15, -0.1) is 0 Å². The van der Waals surface area contributed by atoms with Gasteiger partial charge in [0.2, 0.25) is 0 Å². The van der Waals surface area contributed by atoms with Crippen molar-refractivity contribution >= 4 is 0 Å². The molecule has 0 bridgehead atoms. The second kappa shape index (κ2) is 5.71. The van der Waals surface area contributed by atoms with Crippen molar-refractivity contribution in [3.8, 4) is 0 Å². The van der Waals surface area contributed by atoms with E-state index < -0.39 is 0 Å². The molecule has 0 aromatic heterocycles. The van der Waals surface area contributed by atoms with Gasteiger partial charge in [-0.3, -0.25) is 4.90 Å². The van der Waals surface area contributed by atoms with Crippen molar-refractivity contribution in [2.45, 2.75) is 88.4 Å². The topological polar surface area (TPSA) is 41.3 Å². The van der Waals surface area contributed by atoms with Gasteiger partial charge < -0.3 is 11.1 Å². The maximum Gasteiger partial charge on any atom is 0.0449 e. The Bertz CT molecular complexity index is 294. The number of nitrogens with two attached hydrogens (primary N) is 1. The molecule has 3 nitrogen and oxygen atoms in total. The lowest BCUT2D eigenvalue weighted by Gasteiger charge is -2.34. The van der Waals surface area contributed by atoms with Crippen LogP contribution in [0, 0.1) is 0 Å². The molecule has 1 heterocycles. The number of hydrogen-bond acceptors (Lipinski definition) is 3. The Balaban J connectivity index is 1.62. The van der Waals surface area contributed by atoms with Gasteiger partial charge in [0.05, 0.1) is 0 Å². The van der Waals surface area contributed by atoms with Crippen molar-refractivity contribution in [2.75, 3.05) is 13.1 Å². The Morgan fingerprint density at radius 3 is 2.37 bits per heavy atom. The second-order valence-electron chi connectivity index (χ2n) is 7.27. The first-order valence-corrected chi connectivity index (χ1v) is 8.46. The summed E-state index contributed by atoms with van der Waals surface area (Å²) in [4.78, 5) is 2.72. The molecule has 2 unspecified atom stereocenters. The highest BCUT2D eigenvalue weighted by Crippen LogP contribution is 2.37. The van der Waals surface area contributed by atoms with Crippen molar-refractivity contribution in [1.29, 1.82) is 0 Å². The molecule has 0 amide bonds. The molecule has 1 saturated heterocycles. The Hall–Kier alpha value is -0.120. The summed E-state index contributed by atoms with van der Waals surface area (Å²) in [6.07, 6.45) is 12.5. The molecule has 1 aliphatic heterocycles. The van der Waals surface area contributed by atoms with E-state index in [4.69, 9.17) is 5.73 Å². The van der Waals surface area contributed by atoms with Crippen molar-refractivity contribution in [3.05, 3.63) is 0 Å². The molecule has 19 heavy (non-hydrogen) atoms. The Morgan fingerprint density at radius 2 is 1.79 bits per heavy atom. The van der Waals surface area contributed by atoms with E-state index >= 15 is 0 Å². The number of likely N-dealkylation sites (tertiary alicyclic amines) is 1. The highest BCUT2D eigenvalue weighted by atomic mass is 15.3. The lowest BCUT2D eigenvalue weighted by atomic mass is 9.93. The first-order chi connectivity index (χ1) is 9.22. The summed E-state index contributed by atoms with van der Waals surface area (Å²) < 4.78 is 0. The molecule has 3 heteroatoms. The van der Waals surface area contributed by atoms with Crippen molar-refractivity contribution in [3.63, 3.8) is 0 Å². The number of rotatable bonds is 4. The van der Waals surface area contributed by atoms with Gasteiger partial charge in [-0.25, -0.2) is 0 Å². The monoisotopic (exact) mass is 265 g/mol. The van der Waals surface area contributed by atoms with E-state index in [-0.39, 0.29) is 5.54 Å². The third-order valence-electron chi connectivity index (χ3n) is 5.51. The molecule has 110 valence electrons. The van der Waals surface area contributed by atoms with E-state index in [1.807, 2.05) is 0 Å². The van der Waals surface area contributed by atoms with Gasteiger partial charge in [0.1, 0.15) is 0 Å². The SMILES string of the molecule is CC1CC(CN)(NC2CCCCCC2)CN1C1CC1. The lowest BCUT2D eigenvalue weighted by Crippen LogP contribution is -2.56. The third-order valence-corrected chi connectivity index (χ3v) is 5.51. The van der Waals surface area contributed by atoms with Crippen LogP contribution in [0.25, 0.3) is 0 Å². The Morgan fingerprint density at radius 1 is 1.11 bits per heavy atom. The standard InChI is InChI=1S/C16H31N3/c1-13-10-16(11-17,12-19(13)15-8-9-15)18-14-6-4-2-3-5-7-14/h13-15,18H,2-12,17H2,1H3. The zero-order valence-electron chi connectivity index (χ0n) is 12.5. The molecule has 3 fully saturated rings. The van der Waals surface area contributed by atoms with Crippen molar-refractivity contribution in [2.24, 2.45) is 5.73 Å². The Labute approximate surface area is 118 Å². The maximum atomic E-state index is 6.18. The van der Waals surface area contributed by atoms with Gasteiger partial charge in [-0.05, 0) is 39.0 Å². The fraction of sp³-hybridized carbons (Fsp3) is 1.00. The summed E-state index contributed by atoms with van der Waals surface area (Å²) >= 11 is 0. The highest BCUT2D eigenvalue weighted by Gasteiger charge is 2.46. The van der Waals surface area contributed by atoms with Crippen LogP contribution in [0.1, 0.15) is 64.7 Å². The van der Waals surface area contributed by atoms with Crippen molar-refractivity contribution < 1.29 is 0 Å². The van der Waals surface area contributed by atoms with E-state index in [1.54, 1.807) is 0 Å². The predicted octanol–water partition coefficient (Wildman–Crippen LogP) is 2.25. The zero-order valence-corrected chi connectivity index (χ0v) is 12.5. The Kier molecular flexibility index (Phi) is 4.16. The van der Waals surface area contributed by atoms with Gasteiger partial charge in [0.25, 0.3) is 0 Å². The minimum atomic E-state index is 0.205. The van der Waals surface area contributed by atoms with Crippen LogP contribution in [0.3, 0.4) is 0 Å². The molecule has 3 aliphatic rings. The number of hydrogen-bond donors (Lipinski definition) is 2. The van der Waals surface area contributed by atoms with Crippen LogP contribution in [0.15, 0.2) is 0 Å². The fourth-order valence-electron chi connectivity index (χ4n) is 4.32. The molecular formula is C16H31N3. The van der Waals surface area contributed by atoms with Crippen LogP contribution in [0.5, 0.6) is 0 Å². The summed E-state index contributed by atoms with van der Waals surface area (Å²) in [5.41, 5.74) is 6.39. The second-order valence-corrected chi connectivity index (χ2v) is 7.27. The largest absolute Gasteiger partial charge is 0.329 e. The van der Waals surface area contributed by atoms with Gasteiger partial charge in [-0.2, -0.15) is 0 Å². The van der Waals surface area contributed by atoms with Gasteiger partial charge in [0.15, 0.2) is 0 Å². The van der Waals surface area contributed by atoms with E-state index in [1.165, 1.54) is 64.3 Å². The minimum absolute atomic E-state index is 0.205. The van der Waals surface area contributed by atoms with E-state index in [9.17, 15) is 0 Å². The van der Waals surface area contributed by atoms with Crippen LogP contribution in [-0.4, -0.2) is 41.7 Å². The predicted molar refractivity (Wildman–Crippen MR) is 80.2 cm³/mol. The van der Waals surface area contributed by atoms with Crippen LogP contribution in [0.2, 0.25) is 0 Å². The molecule has 3 rings (SSSR count). The summed E-state index contributed by atoms with van der Waals surface area (Å²) in [5.74, 6) is 0. The van der Waals surface area contributed by atoms with Crippen LogP contribution < -0.4 is 11.1 Å². The average Bonchev–Trinajstić information content (AvgIpc) is 3.20. The smallest absolute Gasteiger partial charge is 0.0449 e. The number of nitrogens with one attached hydrogen (secondary N) is 1. The third kappa shape index (κ3) is 3.14. The quantitative estimate of drug-likeness (QED) is 0.766. The molecule has 0 aromatic carbocycles. The molecule has 0 radical (unpaired) electrons. The summed E-state index contributed by atoms with van der Waals surface area (Å²) in [5, 5.41) is 4.00. The van der Waals surface area contributed by atoms with Crippen LogP contribution in [0.4, 0.5) is 0 Å². The van der Waals surface area contributed by atoms with Crippen LogP contribution in [-0.2, 0) is 0 Å². The zero-order chi connectivity index (χ0) is 13.3. The first-order valence-electron chi connectivity index (χ1n) is 8.46. The molecule has 2 atom stereocenters. The molecule has 2 aliphatic carbocycles. The molecular weight excluding hydrogens is 234 g/mol. The first kappa shape index (κ1) is 13.8. The number of nitrogens with zero attached hydrogens (tertiary/aromatic N) is 1. The molecule has 3 N–H and O–H groups in total. The average molecular weight is 265 g/mol. The lowest BCUT2D eigenvalue weighted by molar-refractivity contribution is 0.230. The summed E-state index contributed by atoms with van der Waals surface area (Å²) in [7, 11) is 0. The normalized spacial score (nSPS) is 38.5. The van der Waals surface area contributed by atoms with E-state index in [2.05, 4.69) is 17.1 Å². The van der Waals surface area contributed by atoms with Gasteiger partial charge in [0, 0.05) is 36.8 Å². The molecule has 0 aromatic rings. The minimum Gasteiger partial charge on any atom is -0.329 e. The fourth-order valence-corrected chi connectivity index (χ4v) is 4.32. The highest BCUT2D eigenvalue weighted by molar-refractivity contribution is 5.06. The molecule has 0 spiro atoms. The van der Waals surface area contributed by atoms with E-state index in [0.717, 1.165) is 18.6 Å². The maximum absolute atomic E-state index is 6.18. The summed E-state index contributed by atoms with van der Waals surface area (Å²) in [6.45, 7) is 4.38.